The van der Waals surface area contributed by atoms with Crippen LogP contribution in [-0.2, 0) is 6.54 Å². The highest BCUT2D eigenvalue weighted by Gasteiger charge is 2.29. The number of carbonyl (C=O) groups excluding carboxylic acids is 1. The average Bonchev–Trinajstić information content (AvgIpc) is 3.09. The van der Waals surface area contributed by atoms with Gasteiger partial charge in [0.2, 0.25) is 0 Å². The van der Waals surface area contributed by atoms with Gasteiger partial charge in [0.15, 0.2) is 0 Å². The fraction of sp³-hybridized carbons (Fsp3) is 0.500. The highest BCUT2D eigenvalue weighted by Crippen LogP contribution is 2.27. The minimum absolute atomic E-state index is 0.0774. The van der Waals surface area contributed by atoms with Gasteiger partial charge >= 0.3 is 0 Å². The van der Waals surface area contributed by atoms with E-state index in [0.29, 0.717) is 13.1 Å². The number of hydrogen-bond acceptors (Lipinski definition) is 3. The number of likely N-dealkylation sites (tertiary alicyclic amines) is 1. The standard InChI is InChI=1S/C20H26F2N4O/c1-24(2)9-4-11-25-12-8-23-19(25)15-5-3-10-26(14-15)20(27)17-7-6-16(21)13-18(17)22/h6-8,12-13,15H,3-5,9-11,14H2,1-2H3/t15-/m0/s1. The Kier molecular flexibility index (Phi) is 6.21. The second-order valence-corrected chi connectivity index (χ2v) is 7.35. The summed E-state index contributed by atoms with van der Waals surface area (Å²) in [6, 6.07) is 3.10. The molecule has 2 aromatic rings. The van der Waals surface area contributed by atoms with Crippen molar-refractivity contribution in [3.8, 4) is 0 Å². The average molecular weight is 376 g/mol. The van der Waals surface area contributed by atoms with Crippen LogP contribution in [0, 0.1) is 11.6 Å². The first-order valence-electron chi connectivity index (χ1n) is 9.36. The van der Waals surface area contributed by atoms with Gasteiger partial charge in [0.25, 0.3) is 5.91 Å². The number of imidazole rings is 1. The Hall–Kier alpha value is -2.28. The number of aromatic nitrogens is 2. The van der Waals surface area contributed by atoms with Crippen molar-refractivity contribution in [2.24, 2.45) is 0 Å². The van der Waals surface area contributed by atoms with E-state index in [2.05, 4.69) is 14.5 Å². The molecule has 0 saturated carbocycles. The molecule has 1 atom stereocenters. The molecule has 1 aliphatic rings. The second-order valence-electron chi connectivity index (χ2n) is 7.35. The molecule has 0 spiro atoms. The van der Waals surface area contributed by atoms with E-state index in [9.17, 15) is 13.6 Å². The fourth-order valence-corrected chi connectivity index (χ4v) is 3.63. The summed E-state index contributed by atoms with van der Waals surface area (Å²) in [5.74, 6) is -0.776. The molecule has 146 valence electrons. The highest BCUT2D eigenvalue weighted by molar-refractivity contribution is 5.94. The zero-order chi connectivity index (χ0) is 19.4. The quantitative estimate of drug-likeness (QED) is 0.778. The van der Waals surface area contributed by atoms with Crippen LogP contribution in [0.4, 0.5) is 8.78 Å². The van der Waals surface area contributed by atoms with Crippen LogP contribution >= 0.6 is 0 Å². The number of amides is 1. The first kappa shape index (κ1) is 19.5. The Morgan fingerprint density at radius 3 is 2.89 bits per heavy atom. The second kappa shape index (κ2) is 8.61. The maximum atomic E-state index is 14.0. The smallest absolute Gasteiger partial charge is 0.256 e. The molecule has 3 rings (SSSR count). The molecule has 27 heavy (non-hydrogen) atoms. The van der Waals surface area contributed by atoms with Crippen LogP contribution in [0.3, 0.4) is 0 Å². The third kappa shape index (κ3) is 4.71. The van der Waals surface area contributed by atoms with E-state index in [1.165, 1.54) is 6.07 Å². The van der Waals surface area contributed by atoms with Gasteiger partial charge in [-0.1, -0.05) is 0 Å². The monoisotopic (exact) mass is 376 g/mol. The number of aryl methyl sites for hydroxylation is 1. The van der Waals surface area contributed by atoms with E-state index in [4.69, 9.17) is 0 Å². The summed E-state index contributed by atoms with van der Waals surface area (Å²) in [6.07, 6.45) is 6.58. The van der Waals surface area contributed by atoms with Gasteiger partial charge in [0.1, 0.15) is 17.5 Å². The van der Waals surface area contributed by atoms with Crippen LogP contribution in [-0.4, -0.2) is 59.0 Å². The largest absolute Gasteiger partial charge is 0.338 e. The van der Waals surface area contributed by atoms with Crippen LogP contribution in [0.2, 0.25) is 0 Å². The lowest BCUT2D eigenvalue weighted by atomic mass is 9.96. The molecule has 1 amide bonds. The topological polar surface area (TPSA) is 41.4 Å². The molecule has 0 unspecified atom stereocenters. The Balaban J connectivity index is 1.69. The Morgan fingerprint density at radius 2 is 2.15 bits per heavy atom. The van der Waals surface area contributed by atoms with E-state index in [-0.39, 0.29) is 17.4 Å². The van der Waals surface area contributed by atoms with Crippen LogP contribution in [0.15, 0.2) is 30.6 Å². The summed E-state index contributed by atoms with van der Waals surface area (Å²) in [7, 11) is 4.10. The normalized spacial score (nSPS) is 17.5. The number of nitrogens with zero attached hydrogens (tertiary/aromatic N) is 4. The first-order chi connectivity index (χ1) is 13.0. The van der Waals surface area contributed by atoms with Crippen molar-refractivity contribution >= 4 is 5.91 Å². The number of carbonyl (C=O) groups is 1. The van der Waals surface area contributed by atoms with Crippen LogP contribution < -0.4 is 0 Å². The summed E-state index contributed by atoms with van der Waals surface area (Å²) in [5.41, 5.74) is -0.0774. The molecule has 1 aliphatic heterocycles. The van der Waals surface area contributed by atoms with E-state index in [1.807, 2.05) is 20.3 Å². The number of hydrogen-bond donors (Lipinski definition) is 0. The Bertz CT molecular complexity index is 790. The molecule has 1 aromatic heterocycles. The lowest BCUT2D eigenvalue weighted by Gasteiger charge is -2.33. The summed E-state index contributed by atoms with van der Waals surface area (Å²) < 4.78 is 29.3. The molecule has 1 aromatic carbocycles. The molecule has 0 N–H and O–H groups in total. The van der Waals surface area contributed by atoms with E-state index in [0.717, 1.165) is 50.3 Å². The lowest BCUT2D eigenvalue weighted by Crippen LogP contribution is -2.40. The van der Waals surface area contributed by atoms with Crippen LogP contribution in [0.1, 0.15) is 41.4 Å². The van der Waals surface area contributed by atoms with Gasteiger partial charge < -0.3 is 14.4 Å². The van der Waals surface area contributed by atoms with E-state index >= 15 is 0 Å². The third-order valence-corrected chi connectivity index (χ3v) is 4.99. The summed E-state index contributed by atoms with van der Waals surface area (Å²) in [4.78, 5) is 21.0. The predicted molar refractivity (Wildman–Crippen MR) is 99.6 cm³/mol. The summed E-state index contributed by atoms with van der Waals surface area (Å²) >= 11 is 0. The van der Waals surface area contributed by atoms with E-state index in [1.54, 1.807) is 11.1 Å². The fourth-order valence-electron chi connectivity index (χ4n) is 3.63. The number of benzene rings is 1. The molecule has 0 bridgehead atoms. The molecule has 0 aliphatic carbocycles. The zero-order valence-corrected chi connectivity index (χ0v) is 15.9. The van der Waals surface area contributed by atoms with Crippen molar-refractivity contribution in [1.29, 1.82) is 0 Å². The molecule has 1 saturated heterocycles. The molecule has 7 heteroatoms. The Morgan fingerprint density at radius 1 is 1.33 bits per heavy atom. The molecule has 1 fully saturated rings. The van der Waals surface area contributed by atoms with Gasteiger partial charge in [-0.15, -0.1) is 0 Å². The van der Waals surface area contributed by atoms with Gasteiger partial charge in [0, 0.05) is 44.0 Å². The minimum Gasteiger partial charge on any atom is -0.338 e. The third-order valence-electron chi connectivity index (χ3n) is 4.99. The highest BCUT2D eigenvalue weighted by atomic mass is 19.1. The van der Waals surface area contributed by atoms with Gasteiger partial charge in [-0.2, -0.15) is 0 Å². The summed E-state index contributed by atoms with van der Waals surface area (Å²) in [6.45, 7) is 2.95. The van der Waals surface area contributed by atoms with Gasteiger partial charge in [0.05, 0.1) is 5.56 Å². The predicted octanol–water partition coefficient (Wildman–Crippen LogP) is 3.13. The molecule has 2 heterocycles. The van der Waals surface area contributed by atoms with Gasteiger partial charge in [-0.25, -0.2) is 13.8 Å². The molecular formula is C20H26F2N4O. The van der Waals surface area contributed by atoms with Crippen molar-refractivity contribution < 1.29 is 13.6 Å². The molecular weight excluding hydrogens is 350 g/mol. The maximum Gasteiger partial charge on any atom is 0.256 e. The van der Waals surface area contributed by atoms with Crippen molar-refractivity contribution in [3.63, 3.8) is 0 Å². The van der Waals surface area contributed by atoms with Gasteiger partial charge in [-0.3, -0.25) is 4.79 Å². The van der Waals surface area contributed by atoms with Crippen molar-refractivity contribution in [2.75, 3.05) is 33.7 Å². The molecule has 5 nitrogen and oxygen atoms in total. The lowest BCUT2D eigenvalue weighted by molar-refractivity contribution is 0.0698. The molecule has 0 radical (unpaired) electrons. The van der Waals surface area contributed by atoms with Gasteiger partial charge in [-0.05, 0) is 52.0 Å². The summed E-state index contributed by atoms with van der Waals surface area (Å²) in [5, 5.41) is 0. The SMILES string of the molecule is CN(C)CCCn1ccnc1[C@H]1CCCN(C(=O)c2ccc(F)cc2F)C1. The van der Waals surface area contributed by atoms with Crippen molar-refractivity contribution in [2.45, 2.75) is 31.7 Å². The maximum absolute atomic E-state index is 14.0. The van der Waals surface area contributed by atoms with Crippen molar-refractivity contribution in [3.05, 3.63) is 53.6 Å². The van der Waals surface area contributed by atoms with Crippen LogP contribution in [0.25, 0.3) is 0 Å². The first-order valence-corrected chi connectivity index (χ1v) is 9.36. The van der Waals surface area contributed by atoms with Crippen molar-refractivity contribution in [1.82, 2.24) is 19.4 Å². The zero-order valence-electron chi connectivity index (χ0n) is 15.9. The van der Waals surface area contributed by atoms with E-state index < -0.39 is 11.6 Å². The van der Waals surface area contributed by atoms with Crippen LogP contribution in [0.5, 0.6) is 0 Å². The number of piperidine rings is 1. The Labute approximate surface area is 158 Å². The minimum atomic E-state index is -0.813. The number of rotatable bonds is 6. The number of halogens is 2.